The average Bonchev–Trinajstić information content (AvgIpc) is 3.38. The van der Waals surface area contributed by atoms with E-state index in [9.17, 15) is 4.79 Å². The van der Waals surface area contributed by atoms with Gasteiger partial charge in [0.25, 0.3) is 5.91 Å². The van der Waals surface area contributed by atoms with Crippen LogP contribution in [0, 0.1) is 0 Å². The number of benzene rings is 2. The normalized spacial score (nSPS) is 16.5. The maximum atomic E-state index is 12.8. The molecule has 2 heterocycles. The first-order valence-electron chi connectivity index (χ1n) is 9.68. The number of carbonyl (C=O) groups excluding carboxylic acids is 1. The molecule has 0 spiro atoms. The molecular formula is C22H23ClN4O. The lowest BCUT2D eigenvalue weighted by atomic mass is 9.99. The second-order valence-corrected chi connectivity index (χ2v) is 7.68. The minimum atomic E-state index is -0.0427. The average molecular weight is 395 g/mol. The van der Waals surface area contributed by atoms with Gasteiger partial charge in [0, 0.05) is 30.6 Å². The molecule has 1 saturated heterocycles. The summed E-state index contributed by atoms with van der Waals surface area (Å²) in [6.45, 7) is 2.18. The molecule has 1 amide bonds. The van der Waals surface area contributed by atoms with Crippen molar-refractivity contribution in [3.05, 3.63) is 82.6 Å². The van der Waals surface area contributed by atoms with Crippen molar-refractivity contribution in [2.45, 2.75) is 31.7 Å². The van der Waals surface area contributed by atoms with Crippen LogP contribution >= 0.6 is 11.6 Å². The van der Waals surface area contributed by atoms with Crippen LogP contribution in [-0.2, 0) is 13.0 Å². The lowest BCUT2D eigenvalue weighted by molar-refractivity contribution is 0.0785. The van der Waals surface area contributed by atoms with E-state index in [2.05, 4.69) is 28.5 Å². The number of hydrogen-bond acceptors (Lipinski definition) is 3. The molecule has 2 aromatic carbocycles. The fourth-order valence-corrected chi connectivity index (χ4v) is 3.93. The molecule has 0 radical (unpaired) electrons. The molecule has 1 aliphatic rings. The first-order valence-corrected chi connectivity index (χ1v) is 10.1. The van der Waals surface area contributed by atoms with E-state index in [4.69, 9.17) is 11.6 Å². The first kappa shape index (κ1) is 18.7. The van der Waals surface area contributed by atoms with E-state index >= 15 is 0 Å². The summed E-state index contributed by atoms with van der Waals surface area (Å²) in [7, 11) is 0. The topological polar surface area (TPSA) is 51.0 Å². The van der Waals surface area contributed by atoms with Crippen molar-refractivity contribution in [1.82, 2.24) is 19.9 Å². The summed E-state index contributed by atoms with van der Waals surface area (Å²) >= 11 is 6.10. The number of hydrogen-bond donors (Lipinski definition) is 0. The Labute approximate surface area is 169 Å². The molecule has 0 bridgehead atoms. The smallest absolute Gasteiger partial charge is 0.276 e. The third kappa shape index (κ3) is 4.42. The zero-order chi connectivity index (χ0) is 19.3. The molecule has 0 saturated carbocycles. The summed E-state index contributed by atoms with van der Waals surface area (Å²) in [4.78, 5) is 14.6. The standard InChI is InChI=1S/C22H23ClN4O/c23-20-10-4-9-18(14-20)19-11-13-26(15-19)22(28)21-16-27(25-24-21)12-5-8-17-6-2-1-3-7-17/h1-4,6-7,9-10,14,16,19H,5,8,11-13,15H2/t19-/m1/s1. The number of carbonyl (C=O) groups is 1. The first-order chi connectivity index (χ1) is 13.7. The number of rotatable bonds is 6. The Morgan fingerprint density at radius 2 is 2.00 bits per heavy atom. The van der Waals surface area contributed by atoms with Crippen LogP contribution in [0.5, 0.6) is 0 Å². The van der Waals surface area contributed by atoms with Gasteiger partial charge in [-0.2, -0.15) is 0 Å². The van der Waals surface area contributed by atoms with Gasteiger partial charge in [-0.3, -0.25) is 9.48 Å². The van der Waals surface area contributed by atoms with Crippen molar-refractivity contribution < 1.29 is 4.79 Å². The molecule has 28 heavy (non-hydrogen) atoms. The van der Waals surface area contributed by atoms with E-state index in [0.717, 1.165) is 37.4 Å². The van der Waals surface area contributed by atoms with Crippen LogP contribution in [0.15, 0.2) is 60.8 Å². The number of aryl methyl sites for hydroxylation is 2. The van der Waals surface area contributed by atoms with Crippen molar-refractivity contribution >= 4 is 17.5 Å². The van der Waals surface area contributed by atoms with Crippen LogP contribution in [0.1, 0.15) is 40.4 Å². The SMILES string of the molecule is O=C(c1cn(CCCc2ccccc2)nn1)N1CC[C@@H](c2cccc(Cl)c2)C1. The van der Waals surface area contributed by atoms with Gasteiger partial charge in [0.2, 0.25) is 0 Å². The summed E-state index contributed by atoms with van der Waals surface area (Å²) in [6, 6.07) is 18.3. The van der Waals surface area contributed by atoms with Crippen LogP contribution in [0.25, 0.3) is 0 Å². The minimum Gasteiger partial charge on any atom is -0.337 e. The van der Waals surface area contributed by atoms with Crippen LogP contribution in [0.4, 0.5) is 0 Å². The van der Waals surface area contributed by atoms with Crippen LogP contribution in [0.2, 0.25) is 5.02 Å². The van der Waals surface area contributed by atoms with Gasteiger partial charge in [0.05, 0.1) is 6.20 Å². The quantitative estimate of drug-likeness (QED) is 0.629. The van der Waals surface area contributed by atoms with Gasteiger partial charge in [0.1, 0.15) is 0 Å². The van der Waals surface area contributed by atoms with Crippen molar-refractivity contribution in [2.75, 3.05) is 13.1 Å². The van der Waals surface area contributed by atoms with Crippen LogP contribution in [0.3, 0.4) is 0 Å². The molecule has 1 aliphatic heterocycles. The van der Waals surface area contributed by atoms with Crippen molar-refractivity contribution in [1.29, 1.82) is 0 Å². The molecule has 1 aromatic heterocycles. The zero-order valence-electron chi connectivity index (χ0n) is 15.7. The maximum Gasteiger partial charge on any atom is 0.276 e. The fourth-order valence-electron chi connectivity index (χ4n) is 3.73. The zero-order valence-corrected chi connectivity index (χ0v) is 16.4. The van der Waals surface area contributed by atoms with Crippen molar-refractivity contribution in [2.24, 2.45) is 0 Å². The van der Waals surface area contributed by atoms with E-state index < -0.39 is 0 Å². The highest BCUT2D eigenvalue weighted by atomic mass is 35.5. The Hall–Kier alpha value is -2.66. The maximum absolute atomic E-state index is 12.8. The fraction of sp³-hybridized carbons (Fsp3) is 0.318. The van der Waals surface area contributed by atoms with Crippen molar-refractivity contribution in [3.8, 4) is 0 Å². The molecule has 0 N–H and O–H groups in total. The van der Waals surface area contributed by atoms with Gasteiger partial charge in [-0.25, -0.2) is 0 Å². The molecule has 144 valence electrons. The summed E-state index contributed by atoms with van der Waals surface area (Å²) < 4.78 is 1.76. The van der Waals surface area contributed by atoms with E-state index in [-0.39, 0.29) is 5.91 Å². The van der Waals surface area contributed by atoms with Crippen LogP contribution in [-0.4, -0.2) is 38.9 Å². The van der Waals surface area contributed by atoms with Gasteiger partial charge in [-0.05, 0) is 42.5 Å². The molecule has 1 fully saturated rings. The molecule has 3 aromatic rings. The Balaban J connectivity index is 1.32. The Morgan fingerprint density at radius 3 is 2.82 bits per heavy atom. The number of nitrogens with zero attached hydrogens (tertiary/aromatic N) is 4. The summed E-state index contributed by atoms with van der Waals surface area (Å²) in [5.74, 6) is 0.280. The van der Waals surface area contributed by atoms with Gasteiger partial charge in [-0.15, -0.1) is 5.10 Å². The van der Waals surface area contributed by atoms with Gasteiger partial charge in [0.15, 0.2) is 5.69 Å². The van der Waals surface area contributed by atoms with E-state index in [1.54, 1.807) is 10.9 Å². The predicted molar refractivity (Wildman–Crippen MR) is 109 cm³/mol. The van der Waals surface area contributed by atoms with E-state index in [1.807, 2.05) is 41.3 Å². The van der Waals surface area contributed by atoms with Crippen LogP contribution < -0.4 is 0 Å². The highest BCUT2D eigenvalue weighted by molar-refractivity contribution is 6.30. The number of amides is 1. The minimum absolute atomic E-state index is 0.0427. The Bertz CT molecular complexity index is 940. The summed E-state index contributed by atoms with van der Waals surface area (Å²) in [6.07, 6.45) is 4.65. The monoisotopic (exact) mass is 394 g/mol. The Kier molecular flexibility index (Phi) is 5.72. The Morgan fingerprint density at radius 1 is 1.14 bits per heavy atom. The lowest BCUT2D eigenvalue weighted by Gasteiger charge is -2.15. The van der Waals surface area contributed by atoms with Gasteiger partial charge < -0.3 is 4.90 Å². The molecule has 0 unspecified atom stereocenters. The highest BCUT2D eigenvalue weighted by Gasteiger charge is 2.29. The summed E-state index contributed by atoms with van der Waals surface area (Å²) in [5, 5.41) is 8.97. The molecule has 5 nitrogen and oxygen atoms in total. The lowest BCUT2D eigenvalue weighted by Crippen LogP contribution is -2.28. The summed E-state index contributed by atoms with van der Waals surface area (Å²) in [5.41, 5.74) is 2.92. The van der Waals surface area contributed by atoms with Crippen molar-refractivity contribution in [3.63, 3.8) is 0 Å². The van der Waals surface area contributed by atoms with E-state index in [1.165, 1.54) is 11.1 Å². The molecule has 1 atom stereocenters. The second-order valence-electron chi connectivity index (χ2n) is 7.25. The molecule has 0 aliphatic carbocycles. The largest absolute Gasteiger partial charge is 0.337 e. The third-order valence-corrected chi connectivity index (χ3v) is 5.48. The number of likely N-dealkylation sites (tertiary alicyclic amines) is 1. The predicted octanol–water partition coefficient (Wildman–Crippen LogP) is 4.19. The molecule has 6 heteroatoms. The van der Waals surface area contributed by atoms with Gasteiger partial charge in [-0.1, -0.05) is 59.3 Å². The molecule has 4 rings (SSSR count). The third-order valence-electron chi connectivity index (χ3n) is 5.25. The number of aromatic nitrogens is 3. The number of halogens is 1. The second kappa shape index (κ2) is 8.57. The highest BCUT2D eigenvalue weighted by Crippen LogP contribution is 2.29. The van der Waals surface area contributed by atoms with E-state index in [0.29, 0.717) is 18.2 Å². The molecular weight excluding hydrogens is 372 g/mol. The van der Waals surface area contributed by atoms with Gasteiger partial charge >= 0.3 is 0 Å².